The Kier molecular flexibility index (Phi) is 12.8. The minimum atomic E-state index is -0.0394. The van der Waals surface area contributed by atoms with Gasteiger partial charge in [-0.3, -0.25) is 0 Å². The van der Waals surface area contributed by atoms with Crippen molar-refractivity contribution in [3.05, 3.63) is 0 Å². The SMILES string of the molecule is CCCCCCCC[N+](C)(C)CC(=O)OCCCCCC. The van der Waals surface area contributed by atoms with Gasteiger partial charge in [-0.15, -0.1) is 0 Å². The average molecular weight is 301 g/mol. The largest absolute Gasteiger partial charge is 0.462 e. The van der Waals surface area contributed by atoms with Gasteiger partial charge in [-0.05, 0) is 19.3 Å². The van der Waals surface area contributed by atoms with Gasteiger partial charge in [0.25, 0.3) is 0 Å². The van der Waals surface area contributed by atoms with E-state index < -0.39 is 0 Å². The first kappa shape index (κ1) is 20.4. The van der Waals surface area contributed by atoms with Gasteiger partial charge in [0.15, 0.2) is 6.54 Å². The highest BCUT2D eigenvalue weighted by Crippen LogP contribution is 2.08. The molecule has 0 aromatic heterocycles. The quantitative estimate of drug-likeness (QED) is 0.267. The predicted molar refractivity (Wildman–Crippen MR) is 90.3 cm³/mol. The molecule has 0 saturated carbocycles. The number of nitrogens with zero attached hydrogens (tertiary/aromatic N) is 1. The minimum Gasteiger partial charge on any atom is -0.462 e. The molecule has 0 aliphatic carbocycles. The second-order valence-corrected chi connectivity index (χ2v) is 6.87. The smallest absolute Gasteiger partial charge is 0.361 e. The van der Waals surface area contributed by atoms with Crippen molar-refractivity contribution in [2.45, 2.75) is 78.1 Å². The van der Waals surface area contributed by atoms with E-state index in [2.05, 4.69) is 27.9 Å². The Morgan fingerprint density at radius 2 is 1.33 bits per heavy atom. The summed E-state index contributed by atoms with van der Waals surface area (Å²) >= 11 is 0. The summed E-state index contributed by atoms with van der Waals surface area (Å²) in [6, 6.07) is 0. The molecule has 0 N–H and O–H groups in total. The Bertz CT molecular complexity index is 252. The zero-order valence-electron chi connectivity index (χ0n) is 15.0. The van der Waals surface area contributed by atoms with E-state index in [1.165, 1.54) is 57.8 Å². The molecule has 0 fully saturated rings. The van der Waals surface area contributed by atoms with Crippen molar-refractivity contribution in [2.24, 2.45) is 0 Å². The fraction of sp³-hybridized carbons (Fsp3) is 0.944. The number of likely N-dealkylation sites (N-methyl/N-ethyl adjacent to an activating group) is 1. The van der Waals surface area contributed by atoms with E-state index in [4.69, 9.17) is 4.74 Å². The van der Waals surface area contributed by atoms with Crippen molar-refractivity contribution < 1.29 is 14.0 Å². The Morgan fingerprint density at radius 3 is 1.95 bits per heavy atom. The Hall–Kier alpha value is -0.570. The monoisotopic (exact) mass is 300 g/mol. The van der Waals surface area contributed by atoms with Crippen LogP contribution in [0.5, 0.6) is 0 Å². The lowest BCUT2D eigenvalue weighted by Crippen LogP contribution is -2.45. The van der Waals surface area contributed by atoms with Crippen LogP contribution in [-0.2, 0) is 9.53 Å². The van der Waals surface area contributed by atoms with Crippen molar-refractivity contribution in [2.75, 3.05) is 33.8 Å². The summed E-state index contributed by atoms with van der Waals surface area (Å²) in [5, 5.41) is 0. The topological polar surface area (TPSA) is 26.3 Å². The number of hydrogen-bond acceptors (Lipinski definition) is 2. The number of unbranched alkanes of at least 4 members (excludes halogenated alkanes) is 8. The molecule has 0 aliphatic heterocycles. The number of hydrogen-bond donors (Lipinski definition) is 0. The molecule has 0 aliphatic rings. The summed E-state index contributed by atoms with van der Waals surface area (Å²) in [4.78, 5) is 11.8. The van der Waals surface area contributed by atoms with Crippen LogP contribution in [0.1, 0.15) is 78.1 Å². The van der Waals surface area contributed by atoms with Crippen molar-refractivity contribution in [3.63, 3.8) is 0 Å². The lowest BCUT2D eigenvalue weighted by atomic mass is 10.1. The third-order valence-corrected chi connectivity index (χ3v) is 3.94. The molecule has 0 amide bonds. The van der Waals surface area contributed by atoms with Gasteiger partial charge in [-0.1, -0.05) is 58.8 Å². The van der Waals surface area contributed by atoms with Crippen LogP contribution in [0.25, 0.3) is 0 Å². The molecule has 0 atom stereocenters. The van der Waals surface area contributed by atoms with E-state index in [9.17, 15) is 4.79 Å². The summed E-state index contributed by atoms with van der Waals surface area (Å²) in [5.74, 6) is -0.0394. The molecular weight excluding hydrogens is 262 g/mol. The van der Waals surface area contributed by atoms with E-state index in [-0.39, 0.29) is 5.97 Å². The normalized spacial score (nSPS) is 11.6. The number of carbonyl (C=O) groups excluding carboxylic acids is 1. The Balaban J connectivity index is 3.61. The maximum absolute atomic E-state index is 11.8. The van der Waals surface area contributed by atoms with Gasteiger partial charge in [-0.2, -0.15) is 0 Å². The van der Waals surface area contributed by atoms with Gasteiger partial charge in [0.1, 0.15) is 0 Å². The van der Waals surface area contributed by atoms with E-state index >= 15 is 0 Å². The fourth-order valence-corrected chi connectivity index (χ4v) is 2.51. The molecule has 126 valence electrons. The maximum atomic E-state index is 11.8. The molecule has 0 rings (SSSR count). The van der Waals surface area contributed by atoms with E-state index in [0.717, 1.165) is 17.4 Å². The molecule has 0 bridgehead atoms. The molecule has 0 unspecified atom stereocenters. The highest BCUT2D eigenvalue weighted by Gasteiger charge is 2.20. The van der Waals surface area contributed by atoms with Crippen LogP contribution in [0.15, 0.2) is 0 Å². The summed E-state index contributed by atoms with van der Waals surface area (Å²) in [6.07, 6.45) is 12.4. The minimum absolute atomic E-state index is 0.0394. The van der Waals surface area contributed by atoms with Crippen molar-refractivity contribution in [3.8, 4) is 0 Å². The zero-order valence-corrected chi connectivity index (χ0v) is 15.0. The number of carbonyl (C=O) groups is 1. The zero-order chi connectivity index (χ0) is 16.0. The first-order chi connectivity index (χ1) is 10.0. The van der Waals surface area contributed by atoms with Gasteiger partial charge in [0, 0.05) is 0 Å². The molecular formula is C18H38NO2+. The molecule has 0 aromatic carbocycles. The highest BCUT2D eigenvalue weighted by molar-refractivity contribution is 5.70. The van der Waals surface area contributed by atoms with Crippen LogP contribution in [0.3, 0.4) is 0 Å². The average Bonchev–Trinajstić information content (AvgIpc) is 2.42. The highest BCUT2D eigenvalue weighted by atomic mass is 16.5. The van der Waals surface area contributed by atoms with E-state index in [1.807, 2.05) is 0 Å². The first-order valence-corrected chi connectivity index (χ1v) is 8.99. The van der Waals surface area contributed by atoms with Gasteiger partial charge in [0.05, 0.1) is 27.2 Å². The summed E-state index contributed by atoms with van der Waals surface area (Å²) < 4.78 is 6.08. The molecule has 3 nitrogen and oxygen atoms in total. The van der Waals surface area contributed by atoms with Crippen LogP contribution >= 0.6 is 0 Å². The van der Waals surface area contributed by atoms with Crippen molar-refractivity contribution in [1.82, 2.24) is 0 Å². The fourth-order valence-electron chi connectivity index (χ4n) is 2.51. The van der Waals surface area contributed by atoms with Crippen LogP contribution in [0.4, 0.5) is 0 Å². The van der Waals surface area contributed by atoms with Gasteiger partial charge in [-0.25, -0.2) is 4.79 Å². The van der Waals surface area contributed by atoms with Crippen molar-refractivity contribution >= 4 is 5.97 Å². The maximum Gasteiger partial charge on any atom is 0.361 e. The predicted octanol–water partition coefficient (Wildman–Crippen LogP) is 4.55. The lowest BCUT2D eigenvalue weighted by molar-refractivity contribution is -0.883. The third kappa shape index (κ3) is 14.1. The Labute approximate surface area is 132 Å². The Morgan fingerprint density at radius 1 is 0.810 bits per heavy atom. The number of ether oxygens (including phenoxy) is 1. The van der Waals surface area contributed by atoms with E-state index in [0.29, 0.717) is 13.2 Å². The molecule has 0 radical (unpaired) electrons. The lowest BCUT2D eigenvalue weighted by Gasteiger charge is -2.28. The second kappa shape index (κ2) is 13.1. The summed E-state index contributed by atoms with van der Waals surface area (Å²) in [5.41, 5.74) is 0. The van der Waals surface area contributed by atoms with Crippen molar-refractivity contribution in [1.29, 1.82) is 0 Å². The number of quaternary nitrogens is 1. The third-order valence-electron chi connectivity index (χ3n) is 3.94. The second-order valence-electron chi connectivity index (χ2n) is 6.87. The standard InChI is InChI=1S/C18H38NO2/c1-5-7-9-11-12-13-15-19(3,4)17-18(20)21-16-14-10-8-6-2/h5-17H2,1-4H3/q+1. The molecule has 3 heteroatoms. The summed E-state index contributed by atoms with van der Waals surface area (Å²) in [6.45, 7) is 6.60. The van der Waals surface area contributed by atoms with Crippen LogP contribution in [0, 0.1) is 0 Å². The van der Waals surface area contributed by atoms with Crippen LogP contribution in [-0.4, -0.2) is 44.2 Å². The molecule has 0 aromatic rings. The summed E-state index contributed by atoms with van der Waals surface area (Å²) in [7, 11) is 4.26. The van der Waals surface area contributed by atoms with Gasteiger partial charge >= 0.3 is 5.97 Å². The van der Waals surface area contributed by atoms with Gasteiger partial charge in [0.2, 0.25) is 0 Å². The van der Waals surface area contributed by atoms with Crippen LogP contribution in [0.2, 0.25) is 0 Å². The molecule has 0 heterocycles. The molecule has 0 saturated heterocycles. The number of rotatable bonds is 14. The van der Waals surface area contributed by atoms with Crippen LogP contribution < -0.4 is 0 Å². The van der Waals surface area contributed by atoms with E-state index in [1.54, 1.807) is 0 Å². The first-order valence-electron chi connectivity index (χ1n) is 8.99. The van der Waals surface area contributed by atoms with Gasteiger partial charge < -0.3 is 9.22 Å². The molecule has 0 spiro atoms. The number of esters is 1. The molecule has 21 heavy (non-hydrogen) atoms.